The average Bonchev–Trinajstić information content (AvgIpc) is 2.78. The fraction of sp³-hybridized carbons (Fsp3) is 0.348. The smallest absolute Gasteiger partial charge is 0.254 e. The summed E-state index contributed by atoms with van der Waals surface area (Å²) < 4.78 is 5.30. The first-order chi connectivity index (χ1) is 15.4. The second kappa shape index (κ2) is 10.9. The molecule has 1 fully saturated rings. The van der Waals surface area contributed by atoms with Gasteiger partial charge in [-0.15, -0.1) is 0 Å². The van der Waals surface area contributed by atoms with Crippen molar-refractivity contribution in [2.24, 2.45) is 0 Å². The molecule has 2 aromatic rings. The summed E-state index contributed by atoms with van der Waals surface area (Å²) in [6.07, 6.45) is 0. The van der Waals surface area contributed by atoms with Crippen molar-refractivity contribution in [2.45, 2.75) is 13.8 Å². The highest BCUT2D eigenvalue weighted by atomic mass is 32.2. The number of hydrogen-bond donors (Lipinski definition) is 3. The zero-order valence-electron chi connectivity index (χ0n) is 18.5. The van der Waals surface area contributed by atoms with Crippen molar-refractivity contribution < 1.29 is 19.1 Å². The SMILES string of the molecule is COc1ccc(NC(C)=O)cc1NC(=O)CNc1cccc(C(=O)N2CCSCC2)c1C. The first kappa shape index (κ1) is 23.5. The van der Waals surface area contributed by atoms with Crippen LogP contribution in [0, 0.1) is 6.92 Å². The van der Waals surface area contributed by atoms with Crippen LogP contribution in [0.25, 0.3) is 0 Å². The first-order valence-electron chi connectivity index (χ1n) is 10.3. The van der Waals surface area contributed by atoms with Gasteiger partial charge in [0.25, 0.3) is 5.91 Å². The van der Waals surface area contributed by atoms with Crippen LogP contribution in [0.3, 0.4) is 0 Å². The predicted molar refractivity (Wildman–Crippen MR) is 129 cm³/mol. The van der Waals surface area contributed by atoms with E-state index < -0.39 is 0 Å². The minimum Gasteiger partial charge on any atom is -0.495 e. The number of methoxy groups -OCH3 is 1. The fourth-order valence-electron chi connectivity index (χ4n) is 3.45. The Hall–Kier alpha value is -3.20. The van der Waals surface area contributed by atoms with Gasteiger partial charge in [0, 0.05) is 48.5 Å². The van der Waals surface area contributed by atoms with Crippen molar-refractivity contribution in [2.75, 3.05) is 54.2 Å². The van der Waals surface area contributed by atoms with E-state index >= 15 is 0 Å². The highest BCUT2D eigenvalue weighted by Gasteiger charge is 2.21. The van der Waals surface area contributed by atoms with Crippen LogP contribution in [-0.4, -0.2) is 60.9 Å². The summed E-state index contributed by atoms with van der Waals surface area (Å²) in [7, 11) is 1.51. The minimum atomic E-state index is -0.285. The van der Waals surface area contributed by atoms with Crippen molar-refractivity contribution in [1.82, 2.24) is 4.90 Å². The number of anilines is 3. The molecule has 2 aromatic carbocycles. The Kier molecular flexibility index (Phi) is 7.99. The highest BCUT2D eigenvalue weighted by molar-refractivity contribution is 7.99. The van der Waals surface area contributed by atoms with Gasteiger partial charge < -0.3 is 25.6 Å². The Bertz CT molecular complexity index is 1010. The van der Waals surface area contributed by atoms with Crippen LogP contribution < -0.4 is 20.7 Å². The highest BCUT2D eigenvalue weighted by Crippen LogP contribution is 2.28. The third kappa shape index (κ3) is 5.94. The maximum absolute atomic E-state index is 12.9. The molecule has 1 aliphatic heterocycles. The number of benzene rings is 2. The van der Waals surface area contributed by atoms with Crippen LogP contribution >= 0.6 is 11.8 Å². The summed E-state index contributed by atoms with van der Waals surface area (Å²) in [4.78, 5) is 38.6. The van der Waals surface area contributed by atoms with E-state index in [1.54, 1.807) is 18.2 Å². The Morgan fingerprint density at radius 1 is 1.06 bits per heavy atom. The van der Waals surface area contributed by atoms with Crippen LogP contribution in [-0.2, 0) is 9.59 Å². The van der Waals surface area contributed by atoms with E-state index in [0.29, 0.717) is 22.7 Å². The zero-order chi connectivity index (χ0) is 23.1. The van der Waals surface area contributed by atoms with Gasteiger partial charge in [-0.05, 0) is 42.8 Å². The number of carbonyl (C=O) groups excluding carboxylic acids is 3. The number of nitrogens with zero attached hydrogens (tertiary/aromatic N) is 1. The Morgan fingerprint density at radius 2 is 1.81 bits per heavy atom. The molecule has 1 saturated heterocycles. The van der Waals surface area contributed by atoms with Gasteiger partial charge in [0.1, 0.15) is 5.75 Å². The van der Waals surface area contributed by atoms with Gasteiger partial charge in [0.15, 0.2) is 0 Å². The molecule has 1 aliphatic rings. The van der Waals surface area contributed by atoms with Crippen LogP contribution in [0.1, 0.15) is 22.8 Å². The van der Waals surface area contributed by atoms with Gasteiger partial charge in [-0.2, -0.15) is 11.8 Å². The number of ether oxygens (including phenoxy) is 1. The monoisotopic (exact) mass is 456 g/mol. The van der Waals surface area contributed by atoms with E-state index in [9.17, 15) is 14.4 Å². The first-order valence-corrected chi connectivity index (χ1v) is 11.5. The third-order valence-electron chi connectivity index (χ3n) is 5.10. The van der Waals surface area contributed by atoms with E-state index in [1.807, 2.05) is 41.8 Å². The number of hydrogen-bond acceptors (Lipinski definition) is 6. The lowest BCUT2D eigenvalue weighted by atomic mass is 10.1. The van der Waals surface area contributed by atoms with E-state index in [2.05, 4.69) is 16.0 Å². The van der Waals surface area contributed by atoms with Crippen molar-refractivity contribution >= 4 is 46.5 Å². The van der Waals surface area contributed by atoms with Gasteiger partial charge in [-0.1, -0.05) is 6.07 Å². The fourth-order valence-corrected chi connectivity index (χ4v) is 4.36. The van der Waals surface area contributed by atoms with E-state index in [4.69, 9.17) is 4.74 Å². The van der Waals surface area contributed by atoms with Gasteiger partial charge >= 0.3 is 0 Å². The Morgan fingerprint density at radius 3 is 2.50 bits per heavy atom. The lowest BCUT2D eigenvalue weighted by molar-refractivity contribution is -0.115. The molecule has 0 atom stereocenters. The van der Waals surface area contributed by atoms with E-state index in [0.717, 1.165) is 35.8 Å². The molecular formula is C23H28N4O4S. The molecule has 0 bridgehead atoms. The molecule has 3 N–H and O–H groups in total. The lowest BCUT2D eigenvalue weighted by Crippen LogP contribution is -2.38. The summed E-state index contributed by atoms with van der Waals surface area (Å²) >= 11 is 1.86. The molecule has 0 saturated carbocycles. The maximum atomic E-state index is 12.9. The molecule has 0 spiro atoms. The largest absolute Gasteiger partial charge is 0.495 e. The Balaban J connectivity index is 1.66. The molecule has 32 heavy (non-hydrogen) atoms. The van der Waals surface area contributed by atoms with Gasteiger partial charge in [-0.3, -0.25) is 14.4 Å². The van der Waals surface area contributed by atoms with E-state index in [-0.39, 0.29) is 24.3 Å². The molecule has 1 heterocycles. The number of rotatable bonds is 7. The van der Waals surface area contributed by atoms with Crippen molar-refractivity contribution in [3.8, 4) is 5.75 Å². The molecule has 8 nitrogen and oxygen atoms in total. The molecule has 0 unspecified atom stereocenters. The zero-order valence-corrected chi connectivity index (χ0v) is 19.3. The normalized spacial score (nSPS) is 13.3. The van der Waals surface area contributed by atoms with Gasteiger partial charge in [0.2, 0.25) is 11.8 Å². The van der Waals surface area contributed by atoms with Crippen LogP contribution in [0.15, 0.2) is 36.4 Å². The quantitative estimate of drug-likeness (QED) is 0.592. The lowest BCUT2D eigenvalue weighted by Gasteiger charge is -2.27. The molecule has 3 rings (SSSR count). The average molecular weight is 457 g/mol. The van der Waals surface area contributed by atoms with Crippen LogP contribution in [0.4, 0.5) is 17.1 Å². The number of amides is 3. The minimum absolute atomic E-state index is 0.00631. The second-order valence-corrected chi connectivity index (χ2v) is 8.61. The van der Waals surface area contributed by atoms with Crippen molar-refractivity contribution in [1.29, 1.82) is 0 Å². The summed E-state index contributed by atoms with van der Waals surface area (Å²) in [5.41, 5.74) is 3.20. The van der Waals surface area contributed by atoms with Crippen molar-refractivity contribution in [3.05, 3.63) is 47.5 Å². The molecule has 170 valence electrons. The molecule has 0 aliphatic carbocycles. The van der Waals surface area contributed by atoms with E-state index in [1.165, 1.54) is 14.0 Å². The maximum Gasteiger partial charge on any atom is 0.254 e. The molecular weight excluding hydrogens is 428 g/mol. The molecule has 0 radical (unpaired) electrons. The molecule has 3 amide bonds. The summed E-state index contributed by atoms with van der Waals surface area (Å²) in [5, 5.41) is 8.60. The van der Waals surface area contributed by atoms with Gasteiger partial charge in [0.05, 0.1) is 19.3 Å². The van der Waals surface area contributed by atoms with Crippen LogP contribution in [0.2, 0.25) is 0 Å². The third-order valence-corrected chi connectivity index (χ3v) is 6.04. The summed E-state index contributed by atoms with van der Waals surface area (Å²) in [5.74, 6) is 1.92. The van der Waals surface area contributed by atoms with Gasteiger partial charge in [-0.25, -0.2) is 0 Å². The summed E-state index contributed by atoms with van der Waals surface area (Å²) in [6.45, 7) is 4.81. The standard InChI is InChI=1S/C23H28N4O4S/c1-15-18(23(30)27-9-11-32-12-10-27)5-4-6-19(15)24-14-22(29)26-20-13-17(25-16(2)28)7-8-21(20)31-3/h4-8,13,24H,9-12,14H2,1-3H3,(H,25,28)(H,26,29). The molecule has 9 heteroatoms. The molecule has 0 aromatic heterocycles. The van der Waals surface area contributed by atoms with Crippen LogP contribution in [0.5, 0.6) is 5.75 Å². The second-order valence-electron chi connectivity index (χ2n) is 7.38. The Labute approximate surface area is 192 Å². The predicted octanol–water partition coefficient (Wildman–Crippen LogP) is 3.20. The summed E-state index contributed by atoms with van der Waals surface area (Å²) in [6, 6.07) is 10.5. The number of carbonyl (C=O) groups is 3. The number of thioether (sulfide) groups is 1. The van der Waals surface area contributed by atoms with Crippen molar-refractivity contribution in [3.63, 3.8) is 0 Å². The number of nitrogens with one attached hydrogen (secondary N) is 3. The topological polar surface area (TPSA) is 99.8 Å².